The molecular formula is C29H30O14. The second-order valence-electron chi connectivity index (χ2n) is 9.16. The number of benzene rings is 2. The molecule has 0 saturated carbocycles. The Kier molecular flexibility index (Phi) is 11.2. The lowest BCUT2D eigenvalue weighted by Crippen LogP contribution is -2.63. The van der Waals surface area contributed by atoms with E-state index in [0.29, 0.717) is 0 Å². The molecule has 2 aromatic rings. The molecule has 3 rings (SSSR count). The largest absolute Gasteiger partial charge is 0.461 e. The van der Waals surface area contributed by atoms with Crippen molar-refractivity contribution in [2.24, 2.45) is 0 Å². The Morgan fingerprint density at radius 3 is 1.51 bits per heavy atom. The van der Waals surface area contributed by atoms with Crippen molar-refractivity contribution >= 4 is 35.8 Å². The fourth-order valence-corrected chi connectivity index (χ4v) is 4.04. The zero-order valence-electron chi connectivity index (χ0n) is 23.9. The predicted molar refractivity (Wildman–Crippen MR) is 142 cm³/mol. The smallest absolute Gasteiger partial charge is 0.338 e. The fourth-order valence-electron chi connectivity index (χ4n) is 4.04. The van der Waals surface area contributed by atoms with Gasteiger partial charge in [0, 0.05) is 34.6 Å². The molecule has 0 spiro atoms. The molecule has 1 saturated heterocycles. The molecule has 43 heavy (non-hydrogen) atoms. The highest BCUT2D eigenvalue weighted by atomic mass is 16.7. The lowest BCUT2D eigenvalue weighted by Gasteiger charge is -2.43. The van der Waals surface area contributed by atoms with Gasteiger partial charge in [-0.25, -0.2) is 4.79 Å². The Labute approximate surface area is 246 Å². The van der Waals surface area contributed by atoms with Crippen LogP contribution in [0.3, 0.4) is 0 Å². The zero-order valence-corrected chi connectivity index (χ0v) is 23.9. The van der Waals surface area contributed by atoms with Crippen molar-refractivity contribution in [2.75, 3.05) is 6.61 Å². The first kappa shape index (κ1) is 32.5. The van der Waals surface area contributed by atoms with Crippen molar-refractivity contribution in [1.82, 2.24) is 0 Å². The van der Waals surface area contributed by atoms with Gasteiger partial charge in [0.15, 0.2) is 12.2 Å². The summed E-state index contributed by atoms with van der Waals surface area (Å²) < 4.78 is 43.5. The van der Waals surface area contributed by atoms with Crippen molar-refractivity contribution in [1.29, 1.82) is 0 Å². The molecule has 2 aromatic carbocycles. The van der Waals surface area contributed by atoms with Gasteiger partial charge in [0.05, 0.1) is 5.56 Å². The third-order valence-electron chi connectivity index (χ3n) is 5.57. The first-order chi connectivity index (χ1) is 20.3. The number of hydrogen-bond donors (Lipinski definition) is 0. The first-order valence-corrected chi connectivity index (χ1v) is 12.9. The minimum atomic E-state index is -1.45. The molecule has 1 aliphatic rings. The van der Waals surface area contributed by atoms with Crippen LogP contribution in [0.4, 0.5) is 0 Å². The Hall–Kier alpha value is -4.98. The van der Waals surface area contributed by atoms with E-state index >= 15 is 0 Å². The normalized spacial score (nSPS) is 21.0. The van der Waals surface area contributed by atoms with Gasteiger partial charge < -0.3 is 37.9 Å². The topological polar surface area (TPSA) is 176 Å². The second-order valence-corrected chi connectivity index (χ2v) is 9.16. The third-order valence-corrected chi connectivity index (χ3v) is 5.57. The van der Waals surface area contributed by atoms with Crippen LogP contribution >= 0.6 is 0 Å². The highest BCUT2D eigenvalue weighted by Crippen LogP contribution is 2.31. The van der Waals surface area contributed by atoms with Crippen LogP contribution in [-0.2, 0) is 47.7 Å². The average Bonchev–Trinajstić information content (AvgIpc) is 2.91. The van der Waals surface area contributed by atoms with Gasteiger partial charge in [-0.05, 0) is 48.5 Å². The van der Waals surface area contributed by atoms with Crippen molar-refractivity contribution in [2.45, 2.75) is 65.3 Å². The summed E-state index contributed by atoms with van der Waals surface area (Å²) in [5, 5.41) is 0. The van der Waals surface area contributed by atoms with Crippen molar-refractivity contribution in [3.05, 3.63) is 54.1 Å². The molecule has 1 heterocycles. The van der Waals surface area contributed by atoms with Crippen LogP contribution in [-0.4, -0.2) is 73.1 Å². The lowest BCUT2D eigenvalue weighted by molar-refractivity contribution is -0.287. The van der Waals surface area contributed by atoms with Crippen molar-refractivity contribution < 1.29 is 66.7 Å². The van der Waals surface area contributed by atoms with Gasteiger partial charge in [0.1, 0.15) is 30.0 Å². The van der Waals surface area contributed by atoms with Crippen LogP contribution in [0.25, 0.3) is 0 Å². The minimum Gasteiger partial charge on any atom is -0.461 e. The summed E-state index contributed by atoms with van der Waals surface area (Å²) in [6.45, 7) is 5.27. The predicted octanol–water partition coefficient (Wildman–Crippen LogP) is 2.29. The van der Waals surface area contributed by atoms with Crippen LogP contribution in [0.2, 0.25) is 0 Å². The van der Waals surface area contributed by atoms with E-state index in [1.54, 1.807) is 0 Å². The lowest BCUT2D eigenvalue weighted by atomic mass is 9.98. The molecule has 230 valence electrons. The van der Waals surface area contributed by atoms with E-state index < -0.39 is 73.1 Å². The molecule has 14 nitrogen and oxygen atoms in total. The fraction of sp³-hybridized carbons (Fsp3) is 0.379. The van der Waals surface area contributed by atoms with Crippen molar-refractivity contribution in [3.8, 4) is 17.2 Å². The van der Waals surface area contributed by atoms with Crippen LogP contribution in [0.1, 0.15) is 45.0 Å². The van der Waals surface area contributed by atoms with E-state index in [0.717, 1.165) is 20.8 Å². The van der Waals surface area contributed by atoms with E-state index in [9.17, 15) is 28.8 Å². The molecule has 0 radical (unpaired) electrons. The van der Waals surface area contributed by atoms with Gasteiger partial charge in [0.2, 0.25) is 12.4 Å². The number of carbonyl (C=O) groups excluding carboxylic acids is 6. The SMILES string of the molecule is CC(=O)Oc1ccc(O[C@@H]2O[C@@H](COC(=O)c3ccc(OC(C)=O)cc3)[C@@H](OC(C)=O)[C@H](OC(C)=O)[C@@H]2OC(C)=O)cc1. The molecule has 0 N–H and O–H groups in total. The number of hydrogen-bond acceptors (Lipinski definition) is 14. The molecule has 5 atom stereocenters. The maximum absolute atomic E-state index is 12.8. The van der Waals surface area contributed by atoms with Gasteiger partial charge >= 0.3 is 35.8 Å². The highest BCUT2D eigenvalue weighted by Gasteiger charge is 2.53. The van der Waals surface area contributed by atoms with E-state index in [1.807, 2.05) is 0 Å². The quantitative estimate of drug-likeness (QED) is 0.220. The zero-order chi connectivity index (χ0) is 31.7. The number of ether oxygens (including phenoxy) is 8. The summed E-state index contributed by atoms with van der Waals surface area (Å²) in [5.74, 6) is -3.60. The van der Waals surface area contributed by atoms with Gasteiger partial charge in [-0.3, -0.25) is 24.0 Å². The van der Waals surface area contributed by atoms with Crippen molar-refractivity contribution in [3.63, 3.8) is 0 Å². The van der Waals surface area contributed by atoms with Crippen LogP contribution in [0.15, 0.2) is 48.5 Å². The molecule has 0 aromatic heterocycles. The van der Waals surface area contributed by atoms with E-state index in [2.05, 4.69) is 0 Å². The monoisotopic (exact) mass is 602 g/mol. The third kappa shape index (κ3) is 9.81. The van der Waals surface area contributed by atoms with Crippen LogP contribution in [0.5, 0.6) is 17.2 Å². The summed E-state index contributed by atoms with van der Waals surface area (Å²) in [5.41, 5.74) is 0.103. The second kappa shape index (κ2) is 14.8. The van der Waals surface area contributed by atoms with Crippen LogP contribution in [0, 0.1) is 0 Å². The summed E-state index contributed by atoms with van der Waals surface area (Å²) in [6, 6.07) is 11.3. The van der Waals surface area contributed by atoms with Gasteiger partial charge in [-0.2, -0.15) is 0 Å². The molecule has 0 amide bonds. The molecule has 0 aliphatic carbocycles. The summed E-state index contributed by atoms with van der Waals surface area (Å²) in [7, 11) is 0. The van der Waals surface area contributed by atoms with Gasteiger partial charge in [-0.15, -0.1) is 0 Å². The Morgan fingerprint density at radius 1 is 0.581 bits per heavy atom. The molecule has 0 bridgehead atoms. The van der Waals surface area contributed by atoms with Gasteiger partial charge in [0.25, 0.3) is 0 Å². The van der Waals surface area contributed by atoms with Gasteiger partial charge in [-0.1, -0.05) is 0 Å². The highest BCUT2D eigenvalue weighted by molar-refractivity contribution is 5.89. The minimum absolute atomic E-state index is 0.103. The Bertz CT molecular complexity index is 1330. The maximum atomic E-state index is 12.8. The Balaban J connectivity index is 1.89. The average molecular weight is 603 g/mol. The molecule has 0 unspecified atom stereocenters. The molecule has 14 heteroatoms. The van der Waals surface area contributed by atoms with E-state index in [-0.39, 0.29) is 22.8 Å². The Morgan fingerprint density at radius 2 is 1.02 bits per heavy atom. The summed E-state index contributed by atoms with van der Waals surface area (Å²) >= 11 is 0. The number of rotatable bonds is 10. The summed E-state index contributed by atoms with van der Waals surface area (Å²) in [6.07, 6.45) is -6.98. The van der Waals surface area contributed by atoms with Crippen LogP contribution < -0.4 is 14.2 Å². The maximum Gasteiger partial charge on any atom is 0.338 e. The molecule has 1 fully saturated rings. The first-order valence-electron chi connectivity index (χ1n) is 12.9. The molecule has 1 aliphatic heterocycles. The number of esters is 6. The van der Waals surface area contributed by atoms with E-state index in [4.69, 9.17) is 37.9 Å². The van der Waals surface area contributed by atoms with E-state index in [1.165, 1.54) is 62.4 Å². The summed E-state index contributed by atoms with van der Waals surface area (Å²) in [4.78, 5) is 71.3. The standard InChI is InChI=1S/C29H30O14/c1-15(30)37-21-8-6-20(7-9-21)28(35)36-14-24-25(39-17(3)32)26(40-18(4)33)27(41-19(5)34)29(43-24)42-23-12-10-22(11-13-23)38-16(2)31/h6-13,24-27,29H,14H2,1-5H3/t24-,25+,26-,27-,29+/m0/s1. The number of carbonyl (C=O) groups is 6. The molecular weight excluding hydrogens is 572 g/mol.